The zero-order chi connectivity index (χ0) is 81.8. The first kappa shape index (κ1) is 82.7. The monoisotopic (exact) mass is 1630 g/mol. The summed E-state index contributed by atoms with van der Waals surface area (Å²) in [6.07, 6.45) is 8.35. The number of ether oxygens (including phenoxy) is 1. The van der Waals surface area contributed by atoms with Crippen molar-refractivity contribution in [2.75, 3.05) is 96.7 Å². The van der Waals surface area contributed by atoms with Crippen molar-refractivity contribution in [1.29, 1.82) is 0 Å². The number of aromatic amines is 3. The summed E-state index contributed by atoms with van der Waals surface area (Å²) < 4.78 is 45.3. The number of aromatic nitrogens is 13. The quantitative estimate of drug-likeness (QED) is 0.0225. The number of aryl methyl sites for hydroxylation is 4. The van der Waals surface area contributed by atoms with Gasteiger partial charge in [0.25, 0.3) is 29.5 Å². The van der Waals surface area contributed by atoms with Crippen LogP contribution in [0, 0.1) is 54.4 Å². The molecule has 13 rings (SSSR count). The van der Waals surface area contributed by atoms with Crippen LogP contribution in [0.2, 0.25) is 15.5 Å². The van der Waals surface area contributed by atoms with Crippen LogP contribution in [0.3, 0.4) is 0 Å². The van der Waals surface area contributed by atoms with E-state index in [0.717, 1.165) is 94.8 Å². The number of fused-ring (bicyclic) bond motifs is 3. The molecule has 6 amide bonds. The number of likely N-dealkylation sites (tertiary alicyclic amines) is 1. The highest BCUT2D eigenvalue weighted by Gasteiger charge is 2.42. The lowest BCUT2D eigenvalue weighted by Gasteiger charge is -2.19. The van der Waals surface area contributed by atoms with E-state index < -0.39 is 17.6 Å². The molecule has 0 unspecified atom stereocenters. The molecule has 38 heteroatoms. The number of rotatable bonds is 22. The van der Waals surface area contributed by atoms with E-state index in [9.17, 15) is 41.9 Å². The molecular weight excluding hydrogens is 1540 g/mol. The maximum atomic E-state index is 13.7. The third-order valence-corrected chi connectivity index (χ3v) is 21.2. The number of alkyl halides is 3. The van der Waals surface area contributed by atoms with Crippen molar-refractivity contribution in [2.45, 2.75) is 115 Å². The molecule has 0 aromatic carbocycles. The largest absolute Gasteiger partial charge is 0.496 e. The molecule has 31 nitrogen and oxygen atoms in total. The number of pyridine rings is 2. The van der Waals surface area contributed by atoms with Crippen LogP contribution in [0.15, 0.2) is 36.9 Å². The second-order valence-electron chi connectivity index (χ2n) is 27.2. The fraction of sp³-hybridized carbons (Fsp3) is 0.360. The highest BCUT2D eigenvalue weighted by atomic mass is 35.5. The van der Waals surface area contributed by atoms with Crippen LogP contribution >= 0.6 is 46.1 Å². The van der Waals surface area contributed by atoms with Gasteiger partial charge in [-0.05, 0) is 129 Å². The minimum atomic E-state index is -4.58. The van der Waals surface area contributed by atoms with Gasteiger partial charge in [-0.3, -0.25) is 53.4 Å². The zero-order valence-electron chi connectivity index (χ0n) is 63.9. The van der Waals surface area contributed by atoms with Gasteiger partial charge in [-0.1, -0.05) is 62.5 Å². The summed E-state index contributed by atoms with van der Waals surface area (Å²) >= 11 is 20.8. The van der Waals surface area contributed by atoms with Gasteiger partial charge < -0.3 is 62.6 Å². The summed E-state index contributed by atoms with van der Waals surface area (Å²) in [6, 6.07) is 1.72. The van der Waals surface area contributed by atoms with Crippen molar-refractivity contribution in [3.63, 3.8) is 0 Å². The molecule has 594 valence electrons. The molecule has 0 spiro atoms. The number of hydrogen-bond acceptors (Lipinski definition) is 23. The molecule has 13 heterocycles. The number of anilines is 7. The normalized spacial score (nSPS) is 15.0. The number of amides is 6. The molecule has 9 aromatic heterocycles. The van der Waals surface area contributed by atoms with Crippen molar-refractivity contribution in [3.8, 4) is 5.75 Å². The molecule has 12 N–H and O–H groups in total. The third-order valence-electron chi connectivity index (χ3n) is 19.4. The first-order valence-corrected chi connectivity index (χ1v) is 37.9. The molecule has 0 bridgehead atoms. The number of nitrogens with one attached hydrogen (secondary N) is 6. The minimum absolute atomic E-state index is 0.00605. The number of carbonyl (C=O) groups excluding carboxylic acids is 6. The van der Waals surface area contributed by atoms with Gasteiger partial charge in [0.2, 0.25) is 23.8 Å². The van der Waals surface area contributed by atoms with Gasteiger partial charge in [-0.15, -0.1) is 11.3 Å². The molecule has 4 aliphatic rings. The van der Waals surface area contributed by atoms with Crippen LogP contribution < -0.4 is 52.6 Å². The Morgan fingerprint density at radius 3 is 1.80 bits per heavy atom. The van der Waals surface area contributed by atoms with Crippen LogP contribution in [0.4, 0.5) is 54.3 Å². The van der Waals surface area contributed by atoms with Gasteiger partial charge >= 0.3 is 6.18 Å². The van der Waals surface area contributed by atoms with Crippen molar-refractivity contribution in [2.24, 2.45) is 5.92 Å². The van der Waals surface area contributed by atoms with E-state index in [1.165, 1.54) is 52.3 Å². The first-order chi connectivity index (χ1) is 53.7. The van der Waals surface area contributed by atoms with Gasteiger partial charge in [-0.25, -0.2) is 24.9 Å². The highest BCUT2D eigenvalue weighted by Crippen LogP contribution is 2.46. The molecular formula is C75H84Cl3F3N24O7S. The van der Waals surface area contributed by atoms with E-state index in [1.807, 2.05) is 34.6 Å². The number of H-pyrrole nitrogens is 3. The van der Waals surface area contributed by atoms with Crippen LogP contribution in [0.5, 0.6) is 5.75 Å². The third kappa shape index (κ3) is 18.1. The number of methoxy groups -OCH3 is 1. The number of hydrogen-bond donors (Lipinski definition) is 9. The van der Waals surface area contributed by atoms with Gasteiger partial charge in [0.1, 0.15) is 37.9 Å². The van der Waals surface area contributed by atoms with E-state index in [1.54, 1.807) is 53.3 Å². The van der Waals surface area contributed by atoms with Crippen molar-refractivity contribution in [3.05, 3.63) is 158 Å². The summed E-state index contributed by atoms with van der Waals surface area (Å²) in [5.41, 5.74) is 25.5. The number of carbonyl (C=O) groups is 6. The Hall–Kier alpha value is -11.2. The summed E-state index contributed by atoms with van der Waals surface area (Å²) in [4.78, 5) is 140. The molecule has 0 atom stereocenters. The van der Waals surface area contributed by atoms with Gasteiger partial charge in [0.05, 0.1) is 100 Å². The van der Waals surface area contributed by atoms with E-state index in [4.69, 9.17) is 56.7 Å². The molecule has 0 saturated carbocycles. The number of halogens is 6. The van der Waals surface area contributed by atoms with Gasteiger partial charge in [0, 0.05) is 83.8 Å². The first-order valence-electron chi connectivity index (χ1n) is 36.0. The maximum Gasteiger partial charge on any atom is 0.416 e. The SMILES string of the molecule is CCN(CC)CCNC(=O)c1c[nH]c(/C=C2\C(=O)N(Cc3nc(C)c(C)s3)c3nc(N)nc(Cl)c32)c1C.COc1c(C)cnc(CN2C(=O)/C(=C\c3ncc(NC(=O)C(C)C)[nH]3)c3c(Cl)nc(N)nc32)c1C.Cc1[nH]c(/C=C2\C(=O)N(Cc3cc(C(F)(F)F)ccn3)c3nc(N)nc(Cl)c32)c(C)c1C(=O)NCCN1CCCC1. The van der Waals surface area contributed by atoms with Crippen LogP contribution in [0.1, 0.15) is 156 Å². The molecule has 9 aromatic rings. The molecule has 0 aliphatic carbocycles. The van der Waals surface area contributed by atoms with Crippen molar-refractivity contribution < 1.29 is 46.7 Å². The summed E-state index contributed by atoms with van der Waals surface area (Å²) in [5.74, 6) is -0.157. The topological polar surface area (TPSA) is 418 Å². The van der Waals surface area contributed by atoms with Crippen molar-refractivity contribution in [1.82, 2.24) is 85.2 Å². The molecule has 1 saturated heterocycles. The number of nitrogens with zero attached hydrogens (tertiary/aromatic N) is 15. The van der Waals surface area contributed by atoms with Crippen molar-refractivity contribution >= 4 is 158 Å². The number of nitrogens with two attached hydrogens (primary N) is 3. The average molecular weight is 1630 g/mol. The Kier molecular flexibility index (Phi) is 25.5. The second kappa shape index (κ2) is 34.8. The Balaban J connectivity index is 0.000000168. The van der Waals surface area contributed by atoms with Crippen LogP contribution in [0.25, 0.3) is 34.9 Å². The summed E-state index contributed by atoms with van der Waals surface area (Å²) in [7, 11) is 1.59. The van der Waals surface area contributed by atoms with E-state index in [-0.39, 0.29) is 122 Å². The Bertz CT molecular complexity index is 5290. The highest BCUT2D eigenvalue weighted by molar-refractivity contribution is 7.11. The molecule has 0 radical (unpaired) electrons. The number of likely N-dealkylation sites (N-methyl/N-ethyl adjacent to an activating group) is 1. The molecule has 113 heavy (non-hydrogen) atoms. The predicted molar refractivity (Wildman–Crippen MR) is 429 cm³/mol. The Morgan fingerprint density at radius 1 is 0.690 bits per heavy atom. The second-order valence-corrected chi connectivity index (χ2v) is 29.6. The fourth-order valence-electron chi connectivity index (χ4n) is 13.2. The zero-order valence-corrected chi connectivity index (χ0v) is 67.0. The van der Waals surface area contributed by atoms with Gasteiger partial charge in [-0.2, -0.15) is 28.1 Å². The fourth-order valence-corrected chi connectivity index (χ4v) is 15.0. The van der Waals surface area contributed by atoms with E-state index in [0.29, 0.717) is 92.5 Å². The van der Waals surface area contributed by atoms with E-state index >= 15 is 0 Å². The average Bonchev–Trinajstić information content (AvgIpc) is 1.61. The number of thiazole rings is 1. The lowest BCUT2D eigenvalue weighted by atomic mass is 10.1. The predicted octanol–water partition coefficient (Wildman–Crippen LogP) is 10.7. The summed E-state index contributed by atoms with van der Waals surface area (Å²) in [5, 5.41) is 9.49. The molecule has 4 aliphatic heterocycles. The standard InChI is InChI=1S/C27H28ClF3N8O2.C25H31ClN8O2S.C23H25ClN8O3/c1-14-19(35-15(2)20(14)24(40)34-7-10-38-8-3-4-9-38)12-18-21-22(28)36-26(32)37-23(21)39(25(18)41)13-17-11-16(5-6-33-17)27(29,30)31;1-6-33(7-2)9-8-28-23(35)17-11-29-18(13(17)3)10-16-20-21(26)31-25(27)32-22(20)34(24(16)36)12-19-30-14(4)15(5)37-19;1-10(2)21(33)29-16-8-27-15(28-16)6-13-17-19(24)30-23(25)31-20(17)32(22(13)34)9-14-12(4)18(35-5)11(3)7-26-14/h5-6,11-12,35H,3-4,7-10,13H2,1-2H3,(H,34,40)(H2,32,36,37);10-11,29H,6-9,12H2,1-5H3,(H,28,35)(H2,27,31,32);6-8,10H,9H2,1-5H3,(H,27,28)(H,29,33)(H2,25,30,31)/b18-12-;16-10-;13-6-. The van der Waals surface area contributed by atoms with Gasteiger partial charge in [0.15, 0.2) is 17.5 Å². The molecule has 1 fully saturated rings. The van der Waals surface area contributed by atoms with Crippen LogP contribution in [-0.2, 0) is 45.0 Å². The lowest BCUT2D eigenvalue weighted by Crippen LogP contribution is -2.34. The Labute approximate surface area is 666 Å². The van der Waals surface area contributed by atoms with E-state index in [2.05, 4.69) is 104 Å². The minimum Gasteiger partial charge on any atom is -0.496 e. The number of imidazole rings is 1. The smallest absolute Gasteiger partial charge is 0.416 e. The van der Waals surface area contributed by atoms with Crippen LogP contribution in [-0.4, -0.2) is 170 Å². The Morgan fingerprint density at radius 2 is 1.25 bits per heavy atom. The lowest BCUT2D eigenvalue weighted by molar-refractivity contribution is -0.137. The number of nitrogen functional groups attached to an aromatic ring is 3. The maximum absolute atomic E-state index is 13.7. The summed E-state index contributed by atoms with van der Waals surface area (Å²) in [6.45, 7) is 27.4.